The summed E-state index contributed by atoms with van der Waals surface area (Å²) >= 11 is 0. The van der Waals surface area contributed by atoms with E-state index in [1.54, 1.807) is 12.1 Å². The maximum Gasteiger partial charge on any atom is 0.123 e. The second-order valence-electron chi connectivity index (χ2n) is 3.63. The maximum atomic E-state index is 12.8. The number of aromatic nitrogens is 1. The van der Waals surface area contributed by atoms with Crippen molar-refractivity contribution >= 4 is 0 Å². The molecule has 1 aromatic carbocycles. The summed E-state index contributed by atoms with van der Waals surface area (Å²) in [5, 5.41) is 3.28. The topological polar surface area (TPSA) is 17.0 Å². The van der Waals surface area contributed by atoms with Crippen LogP contribution in [-0.2, 0) is 6.54 Å². The van der Waals surface area contributed by atoms with Crippen LogP contribution in [0.15, 0.2) is 42.6 Å². The van der Waals surface area contributed by atoms with Crippen LogP contribution in [0.1, 0.15) is 12.6 Å². The summed E-state index contributed by atoms with van der Waals surface area (Å²) in [6.07, 6.45) is 1.99. The molecule has 0 saturated carbocycles. The summed E-state index contributed by atoms with van der Waals surface area (Å²) in [4.78, 5) is 0. The van der Waals surface area contributed by atoms with E-state index in [0.717, 1.165) is 18.8 Å². The Balaban J connectivity index is 2.26. The molecule has 0 unspecified atom stereocenters. The van der Waals surface area contributed by atoms with Gasteiger partial charge < -0.3 is 9.88 Å². The first kappa shape index (κ1) is 10.9. The number of rotatable bonds is 4. The first-order valence-corrected chi connectivity index (χ1v) is 5.44. The Morgan fingerprint density at radius 2 is 1.94 bits per heavy atom. The maximum absolute atomic E-state index is 12.8. The van der Waals surface area contributed by atoms with E-state index in [2.05, 4.69) is 22.9 Å². The van der Waals surface area contributed by atoms with Crippen LogP contribution in [0.2, 0.25) is 0 Å². The van der Waals surface area contributed by atoms with Crippen molar-refractivity contribution in [3.63, 3.8) is 0 Å². The molecular weight excluding hydrogens is 203 g/mol. The van der Waals surface area contributed by atoms with E-state index in [1.165, 1.54) is 17.8 Å². The molecule has 1 N–H and O–H groups in total. The summed E-state index contributed by atoms with van der Waals surface area (Å²) in [6.45, 7) is 3.83. The highest BCUT2D eigenvalue weighted by atomic mass is 19.1. The molecule has 2 aromatic rings. The van der Waals surface area contributed by atoms with Gasteiger partial charge in [0, 0.05) is 24.1 Å². The molecule has 1 heterocycles. The average molecular weight is 218 g/mol. The van der Waals surface area contributed by atoms with Crippen LogP contribution in [0.5, 0.6) is 0 Å². The number of benzene rings is 1. The molecule has 2 nitrogen and oxygen atoms in total. The van der Waals surface area contributed by atoms with E-state index < -0.39 is 0 Å². The van der Waals surface area contributed by atoms with E-state index in [4.69, 9.17) is 0 Å². The van der Waals surface area contributed by atoms with Gasteiger partial charge in [0.2, 0.25) is 0 Å². The van der Waals surface area contributed by atoms with Crippen LogP contribution < -0.4 is 5.32 Å². The fourth-order valence-corrected chi connectivity index (χ4v) is 1.67. The van der Waals surface area contributed by atoms with Gasteiger partial charge in [-0.2, -0.15) is 0 Å². The van der Waals surface area contributed by atoms with Crippen molar-refractivity contribution in [2.75, 3.05) is 6.54 Å². The predicted molar refractivity (Wildman–Crippen MR) is 63.1 cm³/mol. The molecule has 3 heteroatoms. The van der Waals surface area contributed by atoms with Gasteiger partial charge in [-0.25, -0.2) is 4.39 Å². The van der Waals surface area contributed by atoms with E-state index in [9.17, 15) is 4.39 Å². The van der Waals surface area contributed by atoms with Crippen molar-refractivity contribution in [2.24, 2.45) is 0 Å². The second-order valence-corrected chi connectivity index (χ2v) is 3.63. The van der Waals surface area contributed by atoms with Crippen LogP contribution in [0.3, 0.4) is 0 Å². The van der Waals surface area contributed by atoms with Crippen molar-refractivity contribution in [3.8, 4) is 5.69 Å². The monoisotopic (exact) mass is 218 g/mol. The predicted octanol–water partition coefficient (Wildman–Crippen LogP) is 2.73. The van der Waals surface area contributed by atoms with Crippen LogP contribution in [0, 0.1) is 5.82 Å². The summed E-state index contributed by atoms with van der Waals surface area (Å²) in [6, 6.07) is 10.6. The molecule has 0 amide bonds. The minimum Gasteiger partial charge on any atom is -0.320 e. The fourth-order valence-electron chi connectivity index (χ4n) is 1.67. The Hall–Kier alpha value is -1.61. The highest BCUT2D eigenvalue weighted by Crippen LogP contribution is 2.13. The lowest BCUT2D eigenvalue weighted by atomic mass is 10.3. The third-order valence-electron chi connectivity index (χ3n) is 2.49. The SMILES string of the molecule is CCNCc1cccn1-c1ccc(F)cc1. The van der Waals surface area contributed by atoms with Gasteiger partial charge in [-0.3, -0.25) is 0 Å². The Morgan fingerprint density at radius 3 is 2.62 bits per heavy atom. The largest absolute Gasteiger partial charge is 0.320 e. The molecule has 16 heavy (non-hydrogen) atoms. The molecule has 0 fully saturated rings. The van der Waals surface area contributed by atoms with Crippen molar-refractivity contribution < 1.29 is 4.39 Å². The Labute approximate surface area is 94.7 Å². The molecular formula is C13H15FN2. The van der Waals surface area contributed by atoms with Gasteiger partial charge in [-0.1, -0.05) is 6.92 Å². The third kappa shape index (κ3) is 2.31. The van der Waals surface area contributed by atoms with Crippen molar-refractivity contribution in [1.29, 1.82) is 0 Å². The lowest BCUT2D eigenvalue weighted by molar-refractivity contribution is 0.627. The summed E-state index contributed by atoms with van der Waals surface area (Å²) in [7, 11) is 0. The van der Waals surface area contributed by atoms with Crippen LogP contribution >= 0.6 is 0 Å². The summed E-state index contributed by atoms with van der Waals surface area (Å²) in [5.41, 5.74) is 2.16. The Kier molecular flexibility index (Phi) is 3.37. The van der Waals surface area contributed by atoms with Gasteiger partial charge in [0.15, 0.2) is 0 Å². The second kappa shape index (κ2) is 4.94. The van der Waals surface area contributed by atoms with Crippen LogP contribution in [-0.4, -0.2) is 11.1 Å². The third-order valence-corrected chi connectivity index (χ3v) is 2.49. The number of halogens is 1. The first-order valence-electron chi connectivity index (χ1n) is 5.44. The molecule has 0 radical (unpaired) electrons. The molecule has 0 spiro atoms. The van der Waals surface area contributed by atoms with E-state index in [0.29, 0.717) is 0 Å². The Morgan fingerprint density at radius 1 is 1.19 bits per heavy atom. The molecule has 84 valence electrons. The number of hydrogen-bond acceptors (Lipinski definition) is 1. The lowest BCUT2D eigenvalue weighted by Gasteiger charge is -2.09. The van der Waals surface area contributed by atoms with Gasteiger partial charge >= 0.3 is 0 Å². The minimum atomic E-state index is -0.205. The quantitative estimate of drug-likeness (QED) is 0.835. The van der Waals surface area contributed by atoms with Gasteiger partial charge in [-0.15, -0.1) is 0 Å². The molecule has 2 rings (SSSR count). The molecule has 0 aliphatic rings. The van der Waals surface area contributed by atoms with Gasteiger partial charge in [0.25, 0.3) is 0 Å². The molecule has 0 saturated heterocycles. The highest BCUT2D eigenvalue weighted by Gasteiger charge is 2.02. The molecule has 0 aliphatic carbocycles. The summed E-state index contributed by atoms with van der Waals surface area (Å²) in [5.74, 6) is -0.205. The van der Waals surface area contributed by atoms with Gasteiger partial charge in [0.1, 0.15) is 5.82 Å². The highest BCUT2D eigenvalue weighted by molar-refractivity contribution is 5.35. The number of hydrogen-bond donors (Lipinski definition) is 1. The molecule has 0 bridgehead atoms. The van der Waals surface area contributed by atoms with Crippen LogP contribution in [0.4, 0.5) is 4.39 Å². The summed E-state index contributed by atoms with van der Waals surface area (Å²) < 4.78 is 14.9. The smallest absolute Gasteiger partial charge is 0.123 e. The van der Waals surface area contributed by atoms with Crippen LogP contribution in [0.25, 0.3) is 5.69 Å². The zero-order chi connectivity index (χ0) is 11.4. The zero-order valence-electron chi connectivity index (χ0n) is 9.28. The Bertz CT molecular complexity index is 445. The van der Waals surface area contributed by atoms with Gasteiger partial charge in [0.05, 0.1) is 0 Å². The molecule has 0 atom stereocenters. The van der Waals surface area contributed by atoms with Crippen molar-refractivity contribution in [1.82, 2.24) is 9.88 Å². The lowest BCUT2D eigenvalue weighted by Crippen LogP contribution is -2.14. The standard InChI is InChI=1S/C13H15FN2/c1-2-15-10-13-4-3-9-16(13)12-7-5-11(14)6-8-12/h3-9,15H,2,10H2,1H3. The normalized spacial score (nSPS) is 10.6. The van der Waals surface area contributed by atoms with Gasteiger partial charge in [-0.05, 0) is 42.9 Å². The van der Waals surface area contributed by atoms with E-state index in [1.807, 2.05) is 12.3 Å². The number of nitrogens with one attached hydrogen (secondary N) is 1. The van der Waals surface area contributed by atoms with E-state index in [-0.39, 0.29) is 5.82 Å². The fraction of sp³-hybridized carbons (Fsp3) is 0.231. The minimum absolute atomic E-state index is 0.205. The molecule has 1 aromatic heterocycles. The number of nitrogens with zero attached hydrogens (tertiary/aromatic N) is 1. The first-order chi connectivity index (χ1) is 7.81. The zero-order valence-corrected chi connectivity index (χ0v) is 9.28. The average Bonchev–Trinajstić information content (AvgIpc) is 2.75. The van der Waals surface area contributed by atoms with E-state index >= 15 is 0 Å². The van der Waals surface area contributed by atoms with Crippen molar-refractivity contribution in [2.45, 2.75) is 13.5 Å². The van der Waals surface area contributed by atoms with Crippen molar-refractivity contribution in [3.05, 3.63) is 54.1 Å². The molecule has 0 aliphatic heterocycles.